The van der Waals surface area contributed by atoms with Crippen molar-refractivity contribution in [2.24, 2.45) is 0 Å². The molecule has 2 aromatic rings. The fourth-order valence-electron chi connectivity index (χ4n) is 1.80. The van der Waals surface area contributed by atoms with Gasteiger partial charge in [-0.2, -0.15) is 0 Å². The maximum Gasteiger partial charge on any atom is 0.175 e. The standard InChI is InChI=1S/C16H17BrN2S/c1-11(2)12-4-3-5-15(10-12)19-16(20)18-14-8-6-13(17)7-9-14/h3-11H,1-2H3,(H2,18,19,20). The van der Waals surface area contributed by atoms with E-state index in [0.717, 1.165) is 15.8 Å². The van der Waals surface area contributed by atoms with Gasteiger partial charge in [0.2, 0.25) is 0 Å². The predicted octanol–water partition coefficient (Wildman–Crippen LogP) is 5.38. The first kappa shape index (κ1) is 15.0. The SMILES string of the molecule is CC(C)c1cccc(NC(=S)Nc2ccc(Br)cc2)c1. The molecular weight excluding hydrogens is 332 g/mol. The van der Waals surface area contributed by atoms with Gasteiger partial charge in [-0.25, -0.2) is 0 Å². The summed E-state index contributed by atoms with van der Waals surface area (Å²) in [6.07, 6.45) is 0. The van der Waals surface area contributed by atoms with Crippen LogP contribution in [0.5, 0.6) is 0 Å². The van der Waals surface area contributed by atoms with Gasteiger partial charge in [-0.3, -0.25) is 0 Å². The molecule has 0 aliphatic heterocycles. The molecule has 0 radical (unpaired) electrons. The summed E-state index contributed by atoms with van der Waals surface area (Å²) in [6, 6.07) is 16.2. The summed E-state index contributed by atoms with van der Waals surface area (Å²) in [5.74, 6) is 0.504. The van der Waals surface area contributed by atoms with Crippen molar-refractivity contribution in [3.05, 3.63) is 58.6 Å². The molecule has 2 aromatic carbocycles. The molecule has 4 heteroatoms. The molecule has 20 heavy (non-hydrogen) atoms. The Labute approximate surface area is 133 Å². The zero-order chi connectivity index (χ0) is 14.5. The van der Waals surface area contributed by atoms with Crippen LogP contribution >= 0.6 is 28.1 Å². The lowest BCUT2D eigenvalue weighted by Gasteiger charge is -2.12. The van der Waals surface area contributed by atoms with E-state index in [9.17, 15) is 0 Å². The van der Waals surface area contributed by atoms with Crippen molar-refractivity contribution in [1.29, 1.82) is 0 Å². The monoisotopic (exact) mass is 348 g/mol. The van der Waals surface area contributed by atoms with Crippen LogP contribution in [0.4, 0.5) is 11.4 Å². The van der Waals surface area contributed by atoms with Gasteiger partial charge >= 0.3 is 0 Å². The molecule has 0 aliphatic carbocycles. The van der Waals surface area contributed by atoms with Crippen LogP contribution in [0.2, 0.25) is 0 Å². The summed E-state index contributed by atoms with van der Waals surface area (Å²) in [7, 11) is 0. The lowest BCUT2D eigenvalue weighted by molar-refractivity contribution is 0.867. The summed E-state index contributed by atoms with van der Waals surface area (Å²) < 4.78 is 1.05. The Morgan fingerprint density at radius 1 is 1.00 bits per heavy atom. The van der Waals surface area contributed by atoms with Crippen LogP contribution in [0.15, 0.2) is 53.0 Å². The number of benzene rings is 2. The zero-order valence-corrected chi connectivity index (χ0v) is 13.9. The Hall–Kier alpha value is -1.39. The molecule has 0 spiro atoms. The van der Waals surface area contributed by atoms with Gasteiger partial charge in [-0.15, -0.1) is 0 Å². The van der Waals surface area contributed by atoms with Crippen LogP contribution in [0.25, 0.3) is 0 Å². The Balaban J connectivity index is 2.01. The molecule has 0 saturated carbocycles. The highest BCUT2D eigenvalue weighted by atomic mass is 79.9. The third kappa shape index (κ3) is 4.32. The van der Waals surface area contributed by atoms with Gasteiger partial charge in [0.05, 0.1) is 0 Å². The fraction of sp³-hybridized carbons (Fsp3) is 0.188. The van der Waals surface area contributed by atoms with E-state index in [1.54, 1.807) is 0 Å². The highest BCUT2D eigenvalue weighted by Crippen LogP contribution is 2.19. The normalized spacial score (nSPS) is 10.4. The number of rotatable bonds is 3. The smallest absolute Gasteiger partial charge is 0.175 e. The molecule has 0 bridgehead atoms. The lowest BCUT2D eigenvalue weighted by atomic mass is 10.0. The Morgan fingerprint density at radius 2 is 1.65 bits per heavy atom. The largest absolute Gasteiger partial charge is 0.332 e. The van der Waals surface area contributed by atoms with Gasteiger partial charge in [0.25, 0.3) is 0 Å². The van der Waals surface area contributed by atoms with Gasteiger partial charge in [0.15, 0.2) is 5.11 Å². The van der Waals surface area contributed by atoms with Gasteiger partial charge in [-0.05, 0) is 60.1 Å². The van der Waals surface area contributed by atoms with E-state index in [2.05, 4.69) is 52.5 Å². The quantitative estimate of drug-likeness (QED) is 0.728. The van der Waals surface area contributed by atoms with Crippen molar-refractivity contribution in [2.45, 2.75) is 19.8 Å². The Kier molecular flexibility index (Phi) is 5.15. The van der Waals surface area contributed by atoms with Crippen molar-refractivity contribution in [3.63, 3.8) is 0 Å². The third-order valence-corrected chi connectivity index (χ3v) is 3.65. The van der Waals surface area contributed by atoms with Crippen molar-refractivity contribution in [3.8, 4) is 0 Å². The van der Waals surface area contributed by atoms with Crippen molar-refractivity contribution >= 4 is 44.6 Å². The van der Waals surface area contributed by atoms with Crippen LogP contribution in [-0.2, 0) is 0 Å². The minimum Gasteiger partial charge on any atom is -0.332 e. The first-order valence-electron chi connectivity index (χ1n) is 6.48. The Morgan fingerprint density at radius 3 is 2.30 bits per heavy atom. The number of anilines is 2. The maximum absolute atomic E-state index is 5.33. The second-order valence-corrected chi connectivity index (χ2v) is 6.19. The molecule has 0 heterocycles. The number of nitrogens with one attached hydrogen (secondary N) is 2. The van der Waals surface area contributed by atoms with E-state index in [0.29, 0.717) is 11.0 Å². The third-order valence-electron chi connectivity index (χ3n) is 2.91. The topological polar surface area (TPSA) is 24.1 Å². The molecule has 0 atom stereocenters. The van der Waals surface area contributed by atoms with E-state index in [1.165, 1.54) is 5.56 Å². The number of halogens is 1. The van der Waals surface area contributed by atoms with E-state index >= 15 is 0 Å². The van der Waals surface area contributed by atoms with Gasteiger partial charge in [0, 0.05) is 15.8 Å². The maximum atomic E-state index is 5.33. The van der Waals surface area contributed by atoms with Crippen LogP contribution in [-0.4, -0.2) is 5.11 Å². The van der Waals surface area contributed by atoms with E-state index in [1.807, 2.05) is 36.4 Å². The predicted molar refractivity (Wildman–Crippen MR) is 94.5 cm³/mol. The fourth-order valence-corrected chi connectivity index (χ4v) is 2.30. The molecule has 0 saturated heterocycles. The van der Waals surface area contributed by atoms with Gasteiger partial charge in [-0.1, -0.05) is 41.9 Å². The van der Waals surface area contributed by atoms with E-state index < -0.39 is 0 Å². The van der Waals surface area contributed by atoms with E-state index in [4.69, 9.17) is 12.2 Å². The molecule has 0 amide bonds. The van der Waals surface area contributed by atoms with Crippen molar-refractivity contribution in [2.75, 3.05) is 10.6 Å². The molecule has 0 aliphatic rings. The average Bonchev–Trinajstić information content (AvgIpc) is 2.41. The molecule has 2 rings (SSSR count). The second kappa shape index (κ2) is 6.86. The minimum atomic E-state index is 0.504. The number of thiocarbonyl (C=S) groups is 1. The average molecular weight is 349 g/mol. The minimum absolute atomic E-state index is 0.504. The Bertz CT molecular complexity index is 594. The summed E-state index contributed by atoms with van der Waals surface area (Å²) in [5.41, 5.74) is 3.26. The van der Waals surface area contributed by atoms with Crippen LogP contribution < -0.4 is 10.6 Å². The van der Waals surface area contributed by atoms with E-state index in [-0.39, 0.29) is 0 Å². The highest BCUT2D eigenvalue weighted by Gasteiger charge is 2.02. The number of hydrogen-bond donors (Lipinski definition) is 2. The molecule has 2 N–H and O–H groups in total. The molecular formula is C16H17BrN2S. The molecule has 0 fully saturated rings. The molecule has 104 valence electrons. The summed E-state index contributed by atoms with van der Waals surface area (Å²) >= 11 is 8.74. The highest BCUT2D eigenvalue weighted by molar-refractivity contribution is 9.10. The van der Waals surface area contributed by atoms with Crippen molar-refractivity contribution < 1.29 is 0 Å². The summed E-state index contributed by atoms with van der Waals surface area (Å²) in [4.78, 5) is 0. The van der Waals surface area contributed by atoms with Gasteiger partial charge in [0.1, 0.15) is 0 Å². The van der Waals surface area contributed by atoms with Crippen LogP contribution in [0.3, 0.4) is 0 Å². The molecule has 0 unspecified atom stereocenters. The lowest BCUT2D eigenvalue weighted by Crippen LogP contribution is -2.19. The zero-order valence-electron chi connectivity index (χ0n) is 11.5. The molecule has 2 nitrogen and oxygen atoms in total. The second-order valence-electron chi connectivity index (χ2n) is 4.87. The van der Waals surface area contributed by atoms with Crippen LogP contribution in [0.1, 0.15) is 25.3 Å². The van der Waals surface area contributed by atoms with Crippen molar-refractivity contribution in [1.82, 2.24) is 0 Å². The van der Waals surface area contributed by atoms with Crippen LogP contribution in [0, 0.1) is 0 Å². The first-order chi connectivity index (χ1) is 9.54. The van der Waals surface area contributed by atoms with Gasteiger partial charge < -0.3 is 10.6 Å². The summed E-state index contributed by atoms with van der Waals surface area (Å²) in [5, 5.41) is 6.97. The molecule has 0 aromatic heterocycles. The number of hydrogen-bond acceptors (Lipinski definition) is 1. The first-order valence-corrected chi connectivity index (χ1v) is 7.68. The summed E-state index contributed by atoms with van der Waals surface area (Å²) in [6.45, 7) is 4.36.